The third kappa shape index (κ3) is 1.73. The normalized spacial score (nSPS) is 16.7. The molecule has 0 radical (unpaired) electrons. The van der Waals surface area contributed by atoms with E-state index in [0.717, 1.165) is 0 Å². The Balaban J connectivity index is 3.13. The van der Waals surface area contributed by atoms with Crippen LogP contribution in [0.3, 0.4) is 0 Å². The molecule has 0 aromatic rings. The lowest BCUT2D eigenvalue weighted by Crippen LogP contribution is -2.44. The van der Waals surface area contributed by atoms with Crippen molar-refractivity contribution >= 4 is 11.7 Å². The Hall–Kier alpha value is -1.68. The van der Waals surface area contributed by atoms with Gasteiger partial charge in [0.15, 0.2) is 0 Å². The van der Waals surface area contributed by atoms with Crippen molar-refractivity contribution in [1.29, 1.82) is 0 Å². The summed E-state index contributed by atoms with van der Waals surface area (Å²) in [4.78, 5) is 10.7. The number of hydrogen-bond acceptors (Lipinski definition) is 2. The van der Waals surface area contributed by atoms with Crippen molar-refractivity contribution in [3.8, 4) is 0 Å². The van der Waals surface area contributed by atoms with E-state index in [4.69, 9.17) is 15.6 Å². The summed E-state index contributed by atoms with van der Waals surface area (Å²) in [5.74, 6) is -1.11. The van der Waals surface area contributed by atoms with Crippen molar-refractivity contribution in [2.45, 2.75) is 0 Å². The highest BCUT2D eigenvalue weighted by Gasteiger charge is 2.24. The van der Waals surface area contributed by atoms with Gasteiger partial charge in [-0.15, -0.1) is 0 Å². The molecule has 4 N–H and O–H groups in total. The maximum absolute atomic E-state index is 10.7. The zero-order chi connectivity index (χ0) is 10.0. The minimum atomic E-state index is -1.11. The molecule has 0 amide bonds. The van der Waals surface area contributed by atoms with E-state index < -0.39 is 5.97 Å². The second kappa shape index (κ2) is 3.37. The molecule has 1 aliphatic rings. The third-order valence-electron chi connectivity index (χ3n) is 1.74. The van der Waals surface area contributed by atoms with E-state index in [0.29, 0.717) is 11.1 Å². The fourth-order valence-corrected chi connectivity index (χ4v) is 1.05. The van der Waals surface area contributed by atoms with E-state index in [9.17, 15) is 4.79 Å². The molecule has 4 heteroatoms. The number of nitrogens with two attached hydrogens (primary N) is 1. The predicted molar refractivity (Wildman–Crippen MR) is 47.0 cm³/mol. The fourth-order valence-electron chi connectivity index (χ4n) is 1.05. The lowest BCUT2D eigenvalue weighted by molar-refractivity contribution is -0.134. The Morgan fingerprint density at radius 3 is 2.62 bits per heavy atom. The zero-order valence-corrected chi connectivity index (χ0v) is 6.95. The first-order valence-electron chi connectivity index (χ1n) is 3.64. The van der Waals surface area contributed by atoms with Gasteiger partial charge < -0.3 is 10.2 Å². The molecule has 0 saturated carbocycles. The molecule has 1 rings (SSSR count). The lowest BCUT2D eigenvalue weighted by Gasteiger charge is -2.08. The summed E-state index contributed by atoms with van der Waals surface area (Å²) in [6.45, 7) is 3.35. The zero-order valence-electron chi connectivity index (χ0n) is 6.95. The monoisotopic (exact) mass is 180 g/mol. The number of allylic oxidation sites excluding steroid dienone is 2. The van der Waals surface area contributed by atoms with Gasteiger partial charge in [0.2, 0.25) is 5.71 Å². The van der Waals surface area contributed by atoms with Gasteiger partial charge in [0, 0.05) is 5.57 Å². The average Bonchev–Trinajstić information content (AvgIpc) is 2.09. The molecule has 0 aliphatic heterocycles. The van der Waals surface area contributed by atoms with Crippen LogP contribution in [0.4, 0.5) is 0 Å². The van der Waals surface area contributed by atoms with Crippen molar-refractivity contribution in [3.05, 3.63) is 35.5 Å². The van der Waals surface area contributed by atoms with Gasteiger partial charge in [-0.25, -0.2) is 4.79 Å². The number of aliphatic hydroxyl groups is 1. The summed E-state index contributed by atoms with van der Waals surface area (Å²) in [5.41, 5.74) is 1.04. The summed E-state index contributed by atoms with van der Waals surface area (Å²) in [5, 5.41) is 23.0. The van der Waals surface area contributed by atoms with Crippen LogP contribution in [0.2, 0.25) is 0 Å². The molecule has 0 aromatic carbocycles. The molecular weight excluding hydrogens is 170 g/mol. The first-order valence-corrected chi connectivity index (χ1v) is 3.64. The maximum atomic E-state index is 10.7. The van der Waals surface area contributed by atoms with Gasteiger partial charge in [-0.3, -0.25) is 5.41 Å². The number of carbonyl (C=O) groups is 1. The number of carboxylic acid groups (broad SMARTS) is 1. The Labute approximate surface area is 75.0 Å². The van der Waals surface area contributed by atoms with Gasteiger partial charge in [-0.1, -0.05) is 6.58 Å². The van der Waals surface area contributed by atoms with Crippen LogP contribution < -0.4 is 5.41 Å². The molecule has 0 heterocycles. The molecule has 1 aliphatic carbocycles. The van der Waals surface area contributed by atoms with Crippen LogP contribution >= 0.6 is 0 Å². The highest BCUT2D eigenvalue weighted by atomic mass is 16.4. The average molecular weight is 180 g/mol. The summed E-state index contributed by atoms with van der Waals surface area (Å²) in [7, 11) is 0. The van der Waals surface area contributed by atoms with E-state index in [1.807, 2.05) is 0 Å². The number of hydrogen-bond donors (Lipinski definition) is 3. The summed E-state index contributed by atoms with van der Waals surface area (Å²) >= 11 is 0. The largest absolute Gasteiger partial charge is 0.477 e. The van der Waals surface area contributed by atoms with Crippen molar-refractivity contribution in [3.63, 3.8) is 0 Å². The Bertz CT molecular complexity index is 350. The van der Waals surface area contributed by atoms with Crippen LogP contribution in [-0.4, -0.2) is 28.5 Å². The second-order valence-corrected chi connectivity index (χ2v) is 2.68. The van der Waals surface area contributed by atoms with E-state index in [1.54, 1.807) is 6.08 Å². The minimum Gasteiger partial charge on any atom is -0.477 e. The molecule has 0 fully saturated rings. The van der Waals surface area contributed by atoms with Crippen LogP contribution in [-0.2, 0) is 4.79 Å². The Morgan fingerprint density at radius 1 is 1.54 bits per heavy atom. The molecule has 0 bridgehead atoms. The SMILES string of the molecule is C=C1C=C(CO)C=C(C(=O)O)C1=[NH2+]. The number of rotatable bonds is 2. The van der Waals surface area contributed by atoms with Crippen LogP contribution in [0.5, 0.6) is 0 Å². The summed E-state index contributed by atoms with van der Waals surface area (Å²) in [6.07, 6.45) is 2.90. The summed E-state index contributed by atoms with van der Waals surface area (Å²) in [6, 6.07) is 0. The minimum absolute atomic E-state index is 0.0171. The van der Waals surface area contributed by atoms with Crippen LogP contribution in [0.1, 0.15) is 0 Å². The van der Waals surface area contributed by atoms with E-state index in [1.165, 1.54) is 6.08 Å². The molecule has 0 unspecified atom stereocenters. The van der Waals surface area contributed by atoms with Gasteiger partial charge in [0.1, 0.15) is 5.57 Å². The molecule has 4 nitrogen and oxygen atoms in total. The van der Waals surface area contributed by atoms with Crippen LogP contribution in [0.15, 0.2) is 35.5 Å². The van der Waals surface area contributed by atoms with Crippen molar-refractivity contribution in [2.75, 3.05) is 6.61 Å². The lowest BCUT2D eigenvalue weighted by atomic mass is 9.94. The van der Waals surface area contributed by atoms with Crippen molar-refractivity contribution in [1.82, 2.24) is 0 Å². The molecule has 0 aromatic heterocycles. The highest BCUT2D eigenvalue weighted by molar-refractivity contribution is 6.25. The highest BCUT2D eigenvalue weighted by Crippen LogP contribution is 2.16. The summed E-state index contributed by atoms with van der Waals surface area (Å²) < 4.78 is 0. The standard InChI is InChI=1S/C9H9NO3/c1-5-2-6(4-11)3-7(8(5)10)9(12)13/h2-3,10-11H,1,4H2,(H,12,13)/p+1. The molecule has 0 spiro atoms. The van der Waals surface area contributed by atoms with Gasteiger partial charge in [0.05, 0.1) is 6.61 Å². The van der Waals surface area contributed by atoms with Gasteiger partial charge in [-0.2, -0.15) is 0 Å². The quantitative estimate of drug-likeness (QED) is 0.493. The van der Waals surface area contributed by atoms with Crippen LogP contribution in [0.25, 0.3) is 0 Å². The van der Waals surface area contributed by atoms with Crippen molar-refractivity contribution < 1.29 is 20.4 Å². The Kier molecular flexibility index (Phi) is 2.44. The fraction of sp³-hybridized carbons (Fsp3) is 0.111. The van der Waals surface area contributed by atoms with E-state index >= 15 is 0 Å². The number of carboxylic acids is 1. The van der Waals surface area contributed by atoms with E-state index in [2.05, 4.69) is 6.58 Å². The van der Waals surface area contributed by atoms with Crippen molar-refractivity contribution in [2.24, 2.45) is 0 Å². The maximum Gasteiger partial charge on any atom is 0.342 e. The molecule has 68 valence electrons. The molecular formula is C9H10NO3+. The molecule has 13 heavy (non-hydrogen) atoms. The van der Waals surface area contributed by atoms with Gasteiger partial charge >= 0.3 is 5.97 Å². The molecule has 0 atom stereocenters. The third-order valence-corrected chi connectivity index (χ3v) is 1.74. The molecule has 0 saturated heterocycles. The first-order chi connectivity index (χ1) is 6.06. The smallest absolute Gasteiger partial charge is 0.342 e. The Morgan fingerprint density at radius 2 is 2.15 bits per heavy atom. The number of aliphatic carboxylic acids is 1. The predicted octanol–water partition coefficient (Wildman–Crippen LogP) is -1.31. The van der Waals surface area contributed by atoms with E-state index in [-0.39, 0.29) is 17.9 Å². The topological polar surface area (TPSA) is 83.1 Å². The van der Waals surface area contributed by atoms with Gasteiger partial charge in [-0.05, 0) is 17.7 Å². The van der Waals surface area contributed by atoms with Gasteiger partial charge in [0.25, 0.3) is 0 Å². The first kappa shape index (κ1) is 9.41. The van der Waals surface area contributed by atoms with Crippen LogP contribution in [0, 0.1) is 0 Å². The number of aliphatic hydroxyl groups excluding tert-OH is 1. The second-order valence-electron chi connectivity index (χ2n) is 2.68.